The van der Waals surface area contributed by atoms with Crippen molar-refractivity contribution in [2.24, 2.45) is 0 Å². The Morgan fingerprint density at radius 1 is 0.359 bits per heavy atom. The van der Waals surface area contributed by atoms with Crippen LogP contribution in [0, 0.1) is 0 Å². The quantitative estimate of drug-likeness (QED) is 0.153. The lowest BCUT2D eigenvalue weighted by molar-refractivity contribution is 0.332. The highest BCUT2D eigenvalue weighted by Gasteiger charge is 2.48. The maximum Gasteiger partial charge on any atom is 0.252 e. The Hall–Kier alpha value is -6.58. The van der Waals surface area contributed by atoms with Gasteiger partial charge in [-0.05, 0) is 184 Å². The van der Waals surface area contributed by atoms with Crippen LogP contribution >= 0.6 is 0 Å². The molecule has 0 saturated carbocycles. The highest BCUT2D eigenvalue weighted by molar-refractivity contribution is 7.00. The highest BCUT2D eigenvalue weighted by atomic mass is 15.2. The Kier molecular flexibility index (Phi) is 11.8. The molecule has 0 amide bonds. The Balaban J connectivity index is 1.26. The molecule has 2 aliphatic heterocycles. The molecule has 0 fully saturated rings. The molecule has 2 aliphatic carbocycles. The van der Waals surface area contributed by atoms with Gasteiger partial charge in [-0.15, -0.1) is 0 Å². The van der Waals surface area contributed by atoms with Crippen LogP contribution in [0.15, 0.2) is 164 Å². The average molecular weight is 1020 g/mol. The van der Waals surface area contributed by atoms with Crippen molar-refractivity contribution in [2.75, 3.05) is 9.80 Å². The second-order valence-corrected chi connectivity index (χ2v) is 29.2. The van der Waals surface area contributed by atoms with Crippen molar-refractivity contribution in [3.8, 4) is 22.3 Å². The molecule has 8 aromatic rings. The summed E-state index contributed by atoms with van der Waals surface area (Å²) in [6.45, 7) is 39.0. The molecule has 78 heavy (non-hydrogen) atoms. The van der Waals surface area contributed by atoms with Crippen molar-refractivity contribution in [2.45, 2.75) is 174 Å². The van der Waals surface area contributed by atoms with E-state index in [0.29, 0.717) is 0 Å². The minimum Gasteiger partial charge on any atom is -0.311 e. The SMILES string of the molecule is CC(C)(C)c1cc2c3c(c1)N(c1cc(-c4ccccc4)c(C(C)(C)C)cc1-c1ccccc1)c1cc(C(C)(C)c4ccccc4)ccc1B3c1cc3c(cc1N2c1ccc2c(c1)C(C)(C)CCC2(C)C)C(C)(C)CCC3(C)C. The monoisotopic (exact) mass is 1020 g/mol. The molecule has 0 atom stereocenters. The van der Waals surface area contributed by atoms with E-state index in [1.807, 2.05) is 0 Å². The van der Waals surface area contributed by atoms with E-state index in [-0.39, 0.29) is 44.6 Å². The van der Waals surface area contributed by atoms with Gasteiger partial charge >= 0.3 is 0 Å². The first-order chi connectivity index (χ1) is 36.7. The molecule has 0 radical (unpaired) electrons. The van der Waals surface area contributed by atoms with Gasteiger partial charge in [0, 0.05) is 39.4 Å². The molecular weight excluding hydrogens is 940 g/mol. The zero-order chi connectivity index (χ0) is 55.3. The van der Waals surface area contributed by atoms with Crippen LogP contribution in [0.5, 0.6) is 0 Å². The van der Waals surface area contributed by atoms with Crippen molar-refractivity contribution >= 4 is 57.2 Å². The van der Waals surface area contributed by atoms with Crippen LogP contribution in [0.3, 0.4) is 0 Å². The number of hydrogen-bond acceptors (Lipinski definition) is 2. The van der Waals surface area contributed by atoms with Crippen molar-refractivity contribution in [1.82, 2.24) is 0 Å². The largest absolute Gasteiger partial charge is 0.311 e. The number of fused-ring (bicyclic) bond motifs is 6. The Bertz CT molecular complexity index is 3670. The van der Waals surface area contributed by atoms with Gasteiger partial charge in [0.05, 0.1) is 5.69 Å². The van der Waals surface area contributed by atoms with Crippen molar-refractivity contribution in [3.63, 3.8) is 0 Å². The number of rotatable bonds is 6. The number of benzene rings is 8. The summed E-state index contributed by atoms with van der Waals surface area (Å²) in [7, 11) is 0. The van der Waals surface area contributed by atoms with Crippen LogP contribution in [0.2, 0.25) is 0 Å². The lowest BCUT2D eigenvalue weighted by Crippen LogP contribution is -2.62. The van der Waals surface area contributed by atoms with Gasteiger partial charge in [0.15, 0.2) is 0 Å². The summed E-state index contributed by atoms with van der Waals surface area (Å²) in [6.07, 6.45) is 4.67. The van der Waals surface area contributed by atoms with Crippen molar-refractivity contribution < 1.29 is 0 Å². The van der Waals surface area contributed by atoms with Gasteiger partial charge in [-0.3, -0.25) is 0 Å². The first-order valence-electron chi connectivity index (χ1n) is 29.3. The van der Waals surface area contributed by atoms with Crippen molar-refractivity contribution in [1.29, 1.82) is 0 Å². The molecule has 12 rings (SSSR count). The second-order valence-electron chi connectivity index (χ2n) is 29.2. The summed E-state index contributed by atoms with van der Waals surface area (Å²) >= 11 is 0. The molecule has 0 aromatic heterocycles. The number of hydrogen-bond donors (Lipinski definition) is 0. The molecule has 8 aromatic carbocycles. The minimum atomic E-state index is -0.279. The zero-order valence-electron chi connectivity index (χ0n) is 49.9. The summed E-state index contributed by atoms with van der Waals surface area (Å²) in [5.74, 6) is 0. The molecule has 2 heterocycles. The van der Waals surface area contributed by atoms with E-state index in [1.165, 1.54) is 130 Å². The fourth-order valence-electron chi connectivity index (χ4n) is 14.2. The summed E-state index contributed by atoms with van der Waals surface area (Å²) in [4.78, 5) is 5.47. The van der Waals surface area contributed by atoms with E-state index in [9.17, 15) is 0 Å². The Morgan fingerprint density at radius 3 is 1.41 bits per heavy atom. The van der Waals surface area contributed by atoms with E-state index < -0.39 is 0 Å². The van der Waals surface area contributed by atoms with Gasteiger partial charge in [-0.25, -0.2) is 0 Å². The molecule has 0 saturated heterocycles. The van der Waals surface area contributed by atoms with Gasteiger partial charge in [0.25, 0.3) is 6.71 Å². The predicted octanol–water partition coefficient (Wildman–Crippen LogP) is 18.7. The van der Waals surface area contributed by atoms with E-state index in [4.69, 9.17) is 0 Å². The molecule has 2 nitrogen and oxygen atoms in total. The average Bonchev–Trinajstić information content (AvgIpc) is 2.19. The van der Waals surface area contributed by atoms with E-state index in [1.54, 1.807) is 0 Å². The molecule has 0 N–H and O–H groups in total. The highest BCUT2D eigenvalue weighted by Crippen LogP contribution is 2.55. The molecule has 0 spiro atoms. The van der Waals surface area contributed by atoms with Crippen LogP contribution in [-0.2, 0) is 37.9 Å². The topological polar surface area (TPSA) is 6.48 Å². The third-order valence-corrected chi connectivity index (χ3v) is 19.6. The van der Waals surface area contributed by atoms with Gasteiger partial charge in [-0.1, -0.05) is 226 Å². The summed E-state index contributed by atoms with van der Waals surface area (Å²) in [6, 6.07) is 64.4. The molecule has 4 aliphatic rings. The minimum absolute atomic E-state index is 0.0195. The molecule has 0 bridgehead atoms. The fourth-order valence-corrected chi connectivity index (χ4v) is 14.2. The summed E-state index contributed by atoms with van der Waals surface area (Å²) in [5, 5.41) is 0. The van der Waals surface area contributed by atoms with E-state index >= 15 is 0 Å². The molecule has 3 heteroatoms. The van der Waals surface area contributed by atoms with Crippen LogP contribution < -0.4 is 26.2 Å². The molecular formula is C75H83BN2. The lowest BCUT2D eigenvalue weighted by atomic mass is 9.33. The standard InChI is InChI=1S/C75H83BN2/c1-69(2,3)52-41-66-68-67(42-52)78(63-45-54(48-26-20-17-21-27-48)57(70(4,5)6)44-55(63)49-28-22-18-23-29-49)64-40-51(75(15,16)50-30-24-19-25-31-50)32-35-61(64)76(68)62-46-59-60(74(13,14)39-38-73(59,11)12)47-65(62)77(66)53-33-34-56-58(43-53)72(9,10)37-36-71(56,7)8/h17-35,40-47H,36-39H2,1-16H3. The van der Waals surface area contributed by atoms with Crippen LogP contribution in [0.1, 0.15) is 181 Å². The lowest BCUT2D eigenvalue weighted by Gasteiger charge is -2.48. The van der Waals surface area contributed by atoms with E-state index in [2.05, 4.69) is 284 Å². The number of anilines is 6. The van der Waals surface area contributed by atoms with Gasteiger partial charge in [0.2, 0.25) is 0 Å². The number of nitrogens with zero attached hydrogens (tertiary/aromatic N) is 2. The Labute approximate surface area is 469 Å². The first kappa shape index (κ1) is 52.1. The summed E-state index contributed by atoms with van der Waals surface area (Å²) in [5.41, 5.74) is 27.5. The fraction of sp³-hybridized carbons (Fsp3) is 0.360. The van der Waals surface area contributed by atoms with Gasteiger partial charge in [-0.2, -0.15) is 0 Å². The smallest absolute Gasteiger partial charge is 0.252 e. The first-order valence-corrected chi connectivity index (χ1v) is 29.3. The predicted molar refractivity (Wildman–Crippen MR) is 338 cm³/mol. The third-order valence-electron chi connectivity index (χ3n) is 19.6. The molecule has 396 valence electrons. The second kappa shape index (κ2) is 17.7. The van der Waals surface area contributed by atoms with Crippen LogP contribution in [0.25, 0.3) is 22.3 Å². The summed E-state index contributed by atoms with van der Waals surface area (Å²) < 4.78 is 0. The maximum absolute atomic E-state index is 2.74. The van der Waals surface area contributed by atoms with Crippen molar-refractivity contribution in [3.05, 3.63) is 208 Å². The van der Waals surface area contributed by atoms with Crippen LogP contribution in [-0.4, -0.2) is 6.71 Å². The third kappa shape index (κ3) is 8.34. The maximum atomic E-state index is 2.74. The van der Waals surface area contributed by atoms with E-state index in [0.717, 1.165) is 12.8 Å². The zero-order valence-corrected chi connectivity index (χ0v) is 49.9. The molecule has 0 unspecified atom stereocenters. The normalized spacial score (nSPS) is 17.6. The van der Waals surface area contributed by atoms with Gasteiger partial charge < -0.3 is 9.80 Å². The van der Waals surface area contributed by atoms with Crippen LogP contribution in [0.4, 0.5) is 34.1 Å². The Morgan fingerprint density at radius 2 is 0.846 bits per heavy atom. The van der Waals surface area contributed by atoms with Gasteiger partial charge in [0.1, 0.15) is 0 Å².